The molecule has 0 bridgehead atoms. The van der Waals surface area contributed by atoms with Crippen LogP contribution in [0.1, 0.15) is 17.3 Å². The summed E-state index contributed by atoms with van der Waals surface area (Å²) in [4.78, 5) is 21.7. The van der Waals surface area contributed by atoms with Crippen LogP contribution in [0.15, 0.2) is 46.9 Å². The zero-order chi connectivity index (χ0) is 18.8. The fourth-order valence-corrected chi connectivity index (χ4v) is 4.66. The van der Waals surface area contributed by atoms with Crippen LogP contribution in [0.5, 0.6) is 5.75 Å². The van der Waals surface area contributed by atoms with Gasteiger partial charge in [-0.2, -0.15) is 0 Å². The summed E-state index contributed by atoms with van der Waals surface area (Å²) >= 11 is 5.11. The molecule has 5 nitrogen and oxygen atoms in total. The molecule has 0 unspecified atom stereocenters. The highest BCUT2D eigenvalue weighted by Gasteiger charge is 2.24. The minimum Gasteiger partial charge on any atom is -0.492 e. The first-order valence-electron chi connectivity index (χ1n) is 8.98. The zero-order valence-electron chi connectivity index (χ0n) is 15.0. The zero-order valence-corrected chi connectivity index (χ0v) is 17.4. The van der Waals surface area contributed by atoms with Crippen molar-refractivity contribution in [2.24, 2.45) is 0 Å². The van der Waals surface area contributed by atoms with Gasteiger partial charge in [-0.1, -0.05) is 39.4 Å². The number of carbonyl (C=O) groups excluding carboxylic acids is 1. The minimum atomic E-state index is 0.0823. The first-order valence-corrected chi connectivity index (χ1v) is 10.6. The Morgan fingerprint density at radius 3 is 2.70 bits per heavy atom. The average molecular weight is 446 g/mol. The molecule has 27 heavy (non-hydrogen) atoms. The Labute approximate surface area is 170 Å². The number of fused-ring (bicyclic) bond motifs is 1. The van der Waals surface area contributed by atoms with E-state index in [1.54, 1.807) is 11.3 Å². The van der Waals surface area contributed by atoms with Gasteiger partial charge in [0.2, 0.25) is 0 Å². The number of hydrogen-bond donors (Lipinski definition) is 0. The van der Waals surface area contributed by atoms with Crippen LogP contribution in [0, 0.1) is 0 Å². The van der Waals surface area contributed by atoms with Crippen molar-refractivity contribution in [3.8, 4) is 5.75 Å². The number of ether oxygens (including phenoxy) is 1. The summed E-state index contributed by atoms with van der Waals surface area (Å²) in [5.74, 6) is 0.917. The third-order valence-electron chi connectivity index (χ3n) is 4.58. The molecule has 1 aromatic heterocycles. The number of thiazole rings is 1. The number of carbonyl (C=O) groups is 1. The van der Waals surface area contributed by atoms with E-state index >= 15 is 0 Å². The number of para-hydroxylation sites is 1. The van der Waals surface area contributed by atoms with Gasteiger partial charge in [0.15, 0.2) is 5.13 Å². The van der Waals surface area contributed by atoms with Crippen molar-refractivity contribution in [3.63, 3.8) is 0 Å². The molecule has 0 aliphatic carbocycles. The second-order valence-electron chi connectivity index (χ2n) is 6.32. The number of hydrogen-bond acceptors (Lipinski definition) is 5. The Morgan fingerprint density at radius 2 is 1.96 bits per heavy atom. The Hall–Kier alpha value is -2.12. The fraction of sp³-hybridized carbons (Fsp3) is 0.300. The molecule has 1 amide bonds. The van der Waals surface area contributed by atoms with Gasteiger partial charge in [-0.3, -0.25) is 4.79 Å². The fourth-order valence-electron chi connectivity index (χ4n) is 3.22. The second kappa shape index (κ2) is 7.86. The van der Waals surface area contributed by atoms with E-state index in [0.717, 1.165) is 44.2 Å². The molecule has 0 N–H and O–H groups in total. The third kappa shape index (κ3) is 3.80. The second-order valence-corrected chi connectivity index (χ2v) is 8.25. The highest BCUT2D eigenvalue weighted by Crippen LogP contribution is 2.34. The van der Waals surface area contributed by atoms with E-state index in [0.29, 0.717) is 19.7 Å². The normalized spacial score (nSPS) is 14.6. The molecular weight excluding hydrogens is 426 g/mol. The van der Waals surface area contributed by atoms with Crippen molar-refractivity contribution in [3.05, 3.63) is 52.5 Å². The Balaban J connectivity index is 1.47. The van der Waals surface area contributed by atoms with Crippen molar-refractivity contribution in [2.45, 2.75) is 6.92 Å². The SMILES string of the molecule is CCOc1cccc2sc(N3CCN(C(=O)c4cccc(Br)c4)CC3)nc12. The molecular formula is C20H20BrN3O2S. The van der Waals surface area contributed by atoms with Gasteiger partial charge in [0.05, 0.1) is 11.3 Å². The third-order valence-corrected chi connectivity index (χ3v) is 6.15. The maximum absolute atomic E-state index is 12.7. The van der Waals surface area contributed by atoms with E-state index in [1.807, 2.05) is 48.2 Å². The van der Waals surface area contributed by atoms with Crippen LogP contribution in [0.2, 0.25) is 0 Å². The molecule has 0 radical (unpaired) electrons. The van der Waals surface area contributed by atoms with Gasteiger partial charge in [0.25, 0.3) is 5.91 Å². The molecule has 2 aromatic carbocycles. The quantitative estimate of drug-likeness (QED) is 0.596. The number of nitrogens with zero attached hydrogens (tertiary/aromatic N) is 3. The van der Waals surface area contributed by atoms with Gasteiger partial charge in [-0.15, -0.1) is 0 Å². The molecule has 0 saturated carbocycles. The average Bonchev–Trinajstić information content (AvgIpc) is 3.13. The van der Waals surface area contributed by atoms with E-state index in [-0.39, 0.29) is 5.91 Å². The molecule has 1 fully saturated rings. The number of amides is 1. The lowest BCUT2D eigenvalue weighted by Crippen LogP contribution is -2.48. The number of aromatic nitrogens is 1. The van der Waals surface area contributed by atoms with E-state index < -0.39 is 0 Å². The Bertz CT molecular complexity index is 967. The highest BCUT2D eigenvalue weighted by atomic mass is 79.9. The molecule has 1 aliphatic heterocycles. The van der Waals surface area contributed by atoms with E-state index in [1.165, 1.54) is 0 Å². The molecule has 140 valence electrons. The van der Waals surface area contributed by atoms with Crippen molar-refractivity contribution < 1.29 is 9.53 Å². The van der Waals surface area contributed by atoms with E-state index in [2.05, 4.69) is 26.9 Å². The summed E-state index contributed by atoms with van der Waals surface area (Å²) in [7, 11) is 0. The van der Waals surface area contributed by atoms with Crippen molar-refractivity contribution in [2.75, 3.05) is 37.7 Å². The summed E-state index contributed by atoms with van der Waals surface area (Å²) in [6.07, 6.45) is 0. The summed E-state index contributed by atoms with van der Waals surface area (Å²) in [6, 6.07) is 13.6. The van der Waals surface area contributed by atoms with Crippen LogP contribution in [-0.2, 0) is 0 Å². The molecule has 4 rings (SSSR count). The van der Waals surface area contributed by atoms with Crippen molar-refractivity contribution in [1.82, 2.24) is 9.88 Å². The molecule has 7 heteroatoms. The molecule has 3 aromatic rings. The van der Waals surface area contributed by atoms with Crippen LogP contribution in [0.4, 0.5) is 5.13 Å². The summed E-state index contributed by atoms with van der Waals surface area (Å²) in [6.45, 7) is 5.56. The first kappa shape index (κ1) is 18.3. The van der Waals surface area contributed by atoms with Gasteiger partial charge >= 0.3 is 0 Å². The largest absolute Gasteiger partial charge is 0.492 e. The van der Waals surface area contributed by atoms with Crippen LogP contribution in [-0.4, -0.2) is 48.6 Å². The molecule has 1 saturated heterocycles. The minimum absolute atomic E-state index is 0.0823. The monoisotopic (exact) mass is 445 g/mol. The summed E-state index contributed by atoms with van der Waals surface area (Å²) < 4.78 is 7.75. The number of benzene rings is 2. The van der Waals surface area contributed by atoms with Crippen LogP contribution in [0.25, 0.3) is 10.2 Å². The Kier molecular flexibility index (Phi) is 5.31. The number of piperazine rings is 1. The standard InChI is InChI=1S/C20H20BrN3O2S/c1-2-26-16-7-4-8-17-18(16)22-20(27-17)24-11-9-23(10-12-24)19(25)14-5-3-6-15(21)13-14/h3-8,13H,2,9-12H2,1H3. The van der Waals surface area contributed by atoms with Crippen molar-refractivity contribution in [1.29, 1.82) is 0 Å². The number of rotatable bonds is 4. The maximum Gasteiger partial charge on any atom is 0.254 e. The van der Waals surface area contributed by atoms with Gasteiger partial charge in [0.1, 0.15) is 11.3 Å². The van der Waals surface area contributed by atoms with E-state index in [4.69, 9.17) is 9.72 Å². The van der Waals surface area contributed by atoms with Crippen LogP contribution >= 0.6 is 27.3 Å². The summed E-state index contributed by atoms with van der Waals surface area (Å²) in [5.41, 5.74) is 1.64. The van der Waals surface area contributed by atoms with Crippen molar-refractivity contribution >= 4 is 48.5 Å². The molecule has 0 atom stereocenters. The van der Waals surface area contributed by atoms with Crippen LogP contribution < -0.4 is 9.64 Å². The molecule has 2 heterocycles. The van der Waals surface area contributed by atoms with Gasteiger partial charge < -0.3 is 14.5 Å². The lowest BCUT2D eigenvalue weighted by molar-refractivity contribution is 0.0746. The topological polar surface area (TPSA) is 45.7 Å². The Morgan fingerprint density at radius 1 is 1.19 bits per heavy atom. The summed E-state index contributed by atoms with van der Waals surface area (Å²) in [5, 5.41) is 0.992. The maximum atomic E-state index is 12.7. The predicted octanol–water partition coefficient (Wildman–Crippen LogP) is 4.42. The number of halogens is 1. The number of anilines is 1. The van der Waals surface area contributed by atoms with Gasteiger partial charge in [0, 0.05) is 36.2 Å². The van der Waals surface area contributed by atoms with Crippen LogP contribution in [0.3, 0.4) is 0 Å². The first-order chi connectivity index (χ1) is 13.2. The smallest absolute Gasteiger partial charge is 0.254 e. The van der Waals surface area contributed by atoms with Gasteiger partial charge in [-0.05, 0) is 37.3 Å². The highest BCUT2D eigenvalue weighted by molar-refractivity contribution is 9.10. The predicted molar refractivity (Wildman–Crippen MR) is 113 cm³/mol. The lowest BCUT2D eigenvalue weighted by Gasteiger charge is -2.34. The van der Waals surface area contributed by atoms with Gasteiger partial charge in [-0.25, -0.2) is 4.98 Å². The molecule has 0 spiro atoms. The molecule has 1 aliphatic rings. The van der Waals surface area contributed by atoms with E-state index in [9.17, 15) is 4.79 Å². The lowest BCUT2D eigenvalue weighted by atomic mass is 10.2.